The van der Waals surface area contributed by atoms with Gasteiger partial charge in [0.05, 0.1) is 27.4 Å². The van der Waals surface area contributed by atoms with E-state index in [0.717, 1.165) is 17.0 Å². The summed E-state index contributed by atoms with van der Waals surface area (Å²) in [6.45, 7) is 3.71. The average molecular weight is 489 g/mol. The highest BCUT2D eigenvalue weighted by atomic mass is 32.2. The maximum Gasteiger partial charge on any atom is 0.357 e. The fraction of sp³-hybridized carbons (Fsp3) is 0.294. The summed E-state index contributed by atoms with van der Waals surface area (Å²) < 4.78 is 61.0. The van der Waals surface area contributed by atoms with Crippen LogP contribution in [0.5, 0.6) is 0 Å². The van der Waals surface area contributed by atoms with Crippen molar-refractivity contribution in [3.8, 4) is 0 Å². The van der Waals surface area contributed by atoms with E-state index in [2.05, 4.69) is 14.7 Å². The lowest BCUT2D eigenvalue weighted by molar-refractivity contribution is 0.489. The summed E-state index contributed by atoms with van der Waals surface area (Å²) in [7, 11) is -8.21. The number of nitrogens with zero attached hydrogens (tertiary/aromatic N) is 2. The second-order valence-corrected chi connectivity index (χ2v) is 11.2. The fourth-order valence-electron chi connectivity index (χ4n) is 2.66. The molecule has 0 spiro atoms. The van der Waals surface area contributed by atoms with E-state index in [1.807, 2.05) is 17.0 Å². The number of aryl methyl sites for hydroxylation is 2. The highest BCUT2D eigenvalue weighted by Crippen LogP contribution is 2.25. The quantitative estimate of drug-likeness (QED) is 0.394. The first-order valence-corrected chi connectivity index (χ1v) is 13.5. The monoisotopic (exact) mass is 488 g/mol. The van der Waals surface area contributed by atoms with Gasteiger partial charge in [0.2, 0.25) is 0 Å². The van der Waals surface area contributed by atoms with Crippen molar-refractivity contribution in [3.63, 3.8) is 0 Å². The van der Waals surface area contributed by atoms with Crippen LogP contribution in [0.1, 0.15) is 34.2 Å². The molecule has 0 saturated carbocycles. The number of sulfonamides is 1. The topological polar surface area (TPSA) is 138 Å². The summed E-state index contributed by atoms with van der Waals surface area (Å²) in [5.74, 6) is 0. The number of rotatable bonds is 9. The number of benzene rings is 1. The normalized spacial score (nSPS) is 13.3. The van der Waals surface area contributed by atoms with E-state index in [9.17, 15) is 16.8 Å². The Morgan fingerprint density at radius 1 is 1.07 bits per heavy atom. The van der Waals surface area contributed by atoms with Crippen molar-refractivity contribution in [2.45, 2.75) is 37.8 Å². The van der Waals surface area contributed by atoms with Gasteiger partial charge in [-0.25, -0.2) is 23.1 Å². The Balaban J connectivity index is 1.86. The zero-order valence-electron chi connectivity index (χ0n) is 16.1. The van der Waals surface area contributed by atoms with Crippen LogP contribution in [0.15, 0.2) is 40.1 Å². The zero-order chi connectivity index (χ0) is 21.9. The SMILES string of the molecule is CCc1nc(C(Cc2ccc(NS(=O)(=O)O)cc2)NS(=O)(=O)c2csc(C)n2)cs1. The van der Waals surface area contributed by atoms with E-state index in [-0.39, 0.29) is 10.7 Å². The van der Waals surface area contributed by atoms with E-state index in [1.165, 1.54) is 40.2 Å². The molecule has 0 amide bonds. The molecular formula is C17H20N4O5S4. The molecule has 3 rings (SSSR count). The number of thiazole rings is 2. The van der Waals surface area contributed by atoms with Crippen LogP contribution in [0.4, 0.5) is 5.69 Å². The lowest BCUT2D eigenvalue weighted by Gasteiger charge is -2.17. The van der Waals surface area contributed by atoms with Crippen LogP contribution in [-0.2, 0) is 33.2 Å². The molecule has 1 atom stereocenters. The van der Waals surface area contributed by atoms with Gasteiger partial charge in [-0.2, -0.15) is 8.42 Å². The molecule has 13 heteroatoms. The predicted molar refractivity (Wildman–Crippen MR) is 117 cm³/mol. The number of aromatic nitrogens is 2. The smallest absolute Gasteiger partial charge is 0.269 e. The van der Waals surface area contributed by atoms with E-state index in [1.54, 1.807) is 19.1 Å². The first kappa shape index (κ1) is 22.8. The summed E-state index contributed by atoms with van der Waals surface area (Å²) in [5.41, 5.74) is 1.55. The first-order chi connectivity index (χ1) is 14.1. The maximum atomic E-state index is 12.8. The van der Waals surface area contributed by atoms with Crippen LogP contribution in [0, 0.1) is 6.92 Å². The Bertz CT molecular complexity index is 1220. The highest BCUT2D eigenvalue weighted by Gasteiger charge is 2.25. The molecule has 162 valence electrons. The Hall–Kier alpha value is -1.90. The van der Waals surface area contributed by atoms with Crippen molar-refractivity contribution < 1.29 is 21.4 Å². The molecular weight excluding hydrogens is 468 g/mol. The summed E-state index contributed by atoms with van der Waals surface area (Å²) >= 11 is 2.71. The Labute approximate surface area is 183 Å². The molecule has 0 radical (unpaired) electrons. The molecule has 1 unspecified atom stereocenters. The number of hydrogen-bond donors (Lipinski definition) is 3. The molecule has 2 heterocycles. The third kappa shape index (κ3) is 6.06. The third-order valence-corrected chi connectivity index (χ3v) is 7.82. The summed E-state index contributed by atoms with van der Waals surface area (Å²) in [6.07, 6.45) is 1.03. The van der Waals surface area contributed by atoms with Gasteiger partial charge in [-0.1, -0.05) is 19.1 Å². The van der Waals surface area contributed by atoms with Gasteiger partial charge in [-0.3, -0.25) is 9.27 Å². The Morgan fingerprint density at radius 2 is 1.77 bits per heavy atom. The van der Waals surface area contributed by atoms with Gasteiger partial charge < -0.3 is 0 Å². The van der Waals surface area contributed by atoms with E-state index in [0.29, 0.717) is 17.1 Å². The van der Waals surface area contributed by atoms with Gasteiger partial charge in [0, 0.05) is 10.8 Å². The van der Waals surface area contributed by atoms with E-state index in [4.69, 9.17) is 4.55 Å². The van der Waals surface area contributed by atoms with Crippen LogP contribution in [0.2, 0.25) is 0 Å². The lowest BCUT2D eigenvalue weighted by atomic mass is 10.0. The standard InChI is InChI=1S/C17H20N4O5S4/c1-3-16-19-15(9-28-16)14(21-29(22,23)17-10-27-11(2)18-17)8-12-4-6-13(7-5-12)20-30(24,25)26/h4-7,9-10,14,20-21H,3,8H2,1-2H3,(H,24,25,26). The van der Waals surface area contributed by atoms with Crippen molar-refractivity contribution in [1.29, 1.82) is 0 Å². The molecule has 0 fully saturated rings. The van der Waals surface area contributed by atoms with Gasteiger partial charge in [0.15, 0.2) is 5.03 Å². The third-order valence-electron chi connectivity index (χ3n) is 4.04. The molecule has 0 aliphatic rings. The van der Waals surface area contributed by atoms with E-state index >= 15 is 0 Å². The minimum atomic E-state index is -4.37. The molecule has 0 saturated heterocycles. The summed E-state index contributed by atoms with van der Waals surface area (Å²) in [4.78, 5) is 8.59. The van der Waals surface area contributed by atoms with Gasteiger partial charge >= 0.3 is 10.3 Å². The largest absolute Gasteiger partial charge is 0.357 e. The second-order valence-electron chi connectivity index (χ2n) is 6.38. The van der Waals surface area contributed by atoms with Crippen molar-refractivity contribution in [2.24, 2.45) is 0 Å². The summed E-state index contributed by atoms with van der Waals surface area (Å²) in [5, 5.41) is 4.83. The molecule has 30 heavy (non-hydrogen) atoms. The van der Waals surface area contributed by atoms with E-state index < -0.39 is 26.4 Å². The molecule has 0 bridgehead atoms. The number of nitrogens with one attached hydrogen (secondary N) is 2. The van der Waals surface area contributed by atoms with Crippen molar-refractivity contribution in [1.82, 2.24) is 14.7 Å². The van der Waals surface area contributed by atoms with Gasteiger partial charge in [-0.05, 0) is 37.5 Å². The average Bonchev–Trinajstić information content (AvgIpc) is 3.30. The minimum absolute atomic E-state index is 0.0337. The molecule has 0 aliphatic carbocycles. The second kappa shape index (κ2) is 9.08. The lowest BCUT2D eigenvalue weighted by Crippen LogP contribution is -2.30. The zero-order valence-corrected chi connectivity index (χ0v) is 19.3. The molecule has 3 aromatic rings. The van der Waals surface area contributed by atoms with Crippen LogP contribution in [0.25, 0.3) is 0 Å². The van der Waals surface area contributed by atoms with Crippen LogP contribution in [0.3, 0.4) is 0 Å². The van der Waals surface area contributed by atoms with Crippen molar-refractivity contribution in [3.05, 3.63) is 56.3 Å². The van der Waals surface area contributed by atoms with Crippen LogP contribution < -0.4 is 9.44 Å². The van der Waals surface area contributed by atoms with Crippen molar-refractivity contribution >= 4 is 48.7 Å². The van der Waals surface area contributed by atoms with Crippen molar-refractivity contribution in [2.75, 3.05) is 4.72 Å². The maximum absolute atomic E-state index is 12.8. The fourth-order valence-corrected chi connectivity index (χ4v) is 6.04. The molecule has 9 nitrogen and oxygen atoms in total. The van der Waals surface area contributed by atoms with Gasteiger partial charge in [0.1, 0.15) is 0 Å². The number of hydrogen-bond acceptors (Lipinski definition) is 8. The Morgan fingerprint density at radius 3 is 2.30 bits per heavy atom. The molecule has 2 aromatic heterocycles. The first-order valence-electron chi connectivity index (χ1n) is 8.78. The number of anilines is 1. The summed E-state index contributed by atoms with van der Waals surface area (Å²) in [6, 6.07) is 5.63. The minimum Gasteiger partial charge on any atom is -0.269 e. The molecule has 3 N–H and O–H groups in total. The van der Waals surface area contributed by atoms with Gasteiger partial charge in [-0.15, -0.1) is 22.7 Å². The molecule has 1 aromatic carbocycles. The highest BCUT2D eigenvalue weighted by molar-refractivity contribution is 7.89. The van der Waals surface area contributed by atoms with Gasteiger partial charge in [0.25, 0.3) is 10.0 Å². The molecule has 0 aliphatic heterocycles. The van der Waals surface area contributed by atoms with Crippen LogP contribution >= 0.6 is 22.7 Å². The Kier molecular flexibility index (Phi) is 6.89. The predicted octanol–water partition coefficient (Wildman–Crippen LogP) is 2.95. The van der Waals surface area contributed by atoms with Crippen LogP contribution in [-0.4, -0.2) is 31.4 Å².